The van der Waals surface area contributed by atoms with E-state index in [1.54, 1.807) is 55.5 Å². The first-order valence-corrected chi connectivity index (χ1v) is 10.4. The summed E-state index contributed by atoms with van der Waals surface area (Å²) in [5, 5.41) is 8.08. The van der Waals surface area contributed by atoms with E-state index >= 15 is 0 Å². The molecule has 3 amide bonds. The number of methoxy groups -OCH3 is 2. The summed E-state index contributed by atoms with van der Waals surface area (Å²) in [4.78, 5) is 38.1. The van der Waals surface area contributed by atoms with Crippen molar-refractivity contribution in [3.05, 3.63) is 77.9 Å². The molecule has 0 spiro atoms. The smallest absolute Gasteiger partial charge is 0.340 e. The van der Waals surface area contributed by atoms with Crippen LogP contribution in [0.3, 0.4) is 0 Å². The average molecular weight is 463 g/mol. The van der Waals surface area contributed by atoms with Crippen molar-refractivity contribution in [3.8, 4) is 11.5 Å². The average Bonchev–Trinajstić information content (AvgIpc) is 2.84. The lowest BCUT2D eigenvalue weighted by Gasteiger charge is -2.16. The molecule has 0 bridgehead atoms. The lowest BCUT2D eigenvalue weighted by Crippen LogP contribution is -2.23. The molecular weight excluding hydrogens is 438 g/mol. The van der Waals surface area contributed by atoms with E-state index in [-0.39, 0.29) is 29.1 Å². The number of anilines is 3. The Labute approximate surface area is 197 Å². The highest BCUT2D eigenvalue weighted by atomic mass is 16.5. The Morgan fingerprint density at radius 2 is 1.38 bits per heavy atom. The Hall–Kier alpha value is -4.53. The Morgan fingerprint density at radius 3 is 2.06 bits per heavy atom. The van der Waals surface area contributed by atoms with Crippen LogP contribution in [0.15, 0.2) is 66.7 Å². The summed E-state index contributed by atoms with van der Waals surface area (Å²) in [5.74, 6) is -0.552. The molecule has 0 heterocycles. The highest BCUT2D eigenvalue weighted by Gasteiger charge is 2.21. The van der Waals surface area contributed by atoms with Gasteiger partial charge in [-0.2, -0.15) is 0 Å². The number of esters is 1. The maximum atomic E-state index is 13.2. The van der Waals surface area contributed by atoms with E-state index in [4.69, 9.17) is 14.2 Å². The van der Waals surface area contributed by atoms with Gasteiger partial charge in [-0.05, 0) is 31.2 Å². The quantitative estimate of drug-likeness (QED) is 0.414. The van der Waals surface area contributed by atoms with Crippen molar-refractivity contribution in [2.24, 2.45) is 0 Å². The van der Waals surface area contributed by atoms with Crippen molar-refractivity contribution < 1.29 is 28.6 Å². The molecule has 0 unspecified atom stereocenters. The molecule has 9 nitrogen and oxygen atoms in total. The molecule has 176 valence electrons. The standard InChI is InChI=1S/C25H25N3O6/c1-4-34-24(30)18-14-21(32-2)22(33-3)15-20(18)27-23(29)17-12-8-9-13-19(17)28-25(31)26-16-10-6-5-7-11-16/h5-15H,4H2,1-3H3,(H,27,29)(H2,26,28,31). The molecule has 0 aromatic heterocycles. The van der Waals surface area contributed by atoms with Crippen LogP contribution in [0.4, 0.5) is 21.9 Å². The predicted molar refractivity (Wildman–Crippen MR) is 129 cm³/mol. The molecule has 3 rings (SSSR count). The first-order chi connectivity index (χ1) is 16.5. The molecule has 0 aliphatic heterocycles. The van der Waals surface area contributed by atoms with Crippen LogP contribution in [0.2, 0.25) is 0 Å². The zero-order chi connectivity index (χ0) is 24.5. The summed E-state index contributed by atoms with van der Waals surface area (Å²) in [6, 6.07) is 17.8. The number of amides is 3. The molecule has 0 radical (unpaired) electrons. The van der Waals surface area contributed by atoms with Crippen LogP contribution in [0.1, 0.15) is 27.6 Å². The van der Waals surface area contributed by atoms with Gasteiger partial charge in [0.25, 0.3) is 5.91 Å². The molecule has 3 aromatic rings. The van der Waals surface area contributed by atoms with Crippen LogP contribution in [0, 0.1) is 0 Å². The SMILES string of the molecule is CCOC(=O)c1cc(OC)c(OC)cc1NC(=O)c1ccccc1NC(=O)Nc1ccccc1. The second-order valence-corrected chi connectivity index (χ2v) is 6.92. The number of urea groups is 1. The van der Waals surface area contributed by atoms with E-state index in [2.05, 4.69) is 16.0 Å². The van der Waals surface area contributed by atoms with Crippen molar-refractivity contribution in [3.63, 3.8) is 0 Å². The van der Waals surface area contributed by atoms with E-state index in [0.29, 0.717) is 17.2 Å². The number of hydrogen-bond acceptors (Lipinski definition) is 6. The summed E-state index contributed by atoms with van der Waals surface area (Å²) in [5.41, 5.74) is 1.35. The zero-order valence-corrected chi connectivity index (χ0v) is 19.0. The van der Waals surface area contributed by atoms with Crippen molar-refractivity contribution in [2.75, 3.05) is 36.8 Å². The molecule has 0 fully saturated rings. The number of carbonyl (C=O) groups excluding carboxylic acids is 3. The topological polar surface area (TPSA) is 115 Å². The summed E-state index contributed by atoms with van der Waals surface area (Å²) >= 11 is 0. The molecule has 3 aromatic carbocycles. The second kappa shape index (κ2) is 11.4. The Morgan fingerprint density at radius 1 is 0.735 bits per heavy atom. The van der Waals surface area contributed by atoms with Gasteiger partial charge in [-0.1, -0.05) is 30.3 Å². The van der Waals surface area contributed by atoms with Crippen molar-refractivity contribution in [1.29, 1.82) is 0 Å². The monoisotopic (exact) mass is 463 g/mol. The molecule has 0 aliphatic rings. The fourth-order valence-corrected chi connectivity index (χ4v) is 3.15. The highest BCUT2D eigenvalue weighted by molar-refractivity contribution is 6.13. The predicted octanol–water partition coefficient (Wildman–Crippen LogP) is 4.78. The van der Waals surface area contributed by atoms with E-state index < -0.39 is 17.9 Å². The van der Waals surface area contributed by atoms with Crippen LogP contribution < -0.4 is 25.4 Å². The summed E-state index contributed by atoms with van der Waals surface area (Å²) in [6.07, 6.45) is 0. The second-order valence-electron chi connectivity index (χ2n) is 6.92. The minimum Gasteiger partial charge on any atom is -0.493 e. The number of carbonyl (C=O) groups is 3. The number of para-hydroxylation sites is 2. The molecule has 3 N–H and O–H groups in total. The number of hydrogen-bond donors (Lipinski definition) is 3. The Balaban J connectivity index is 1.87. The fraction of sp³-hybridized carbons (Fsp3) is 0.160. The van der Waals surface area contributed by atoms with Gasteiger partial charge >= 0.3 is 12.0 Å². The van der Waals surface area contributed by atoms with Crippen LogP contribution in [-0.2, 0) is 4.74 Å². The van der Waals surface area contributed by atoms with Crippen LogP contribution >= 0.6 is 0 Å². The zero-order valence-electron chi connectivity index (χ0n) is 19.0. The molecular formula is C25H25N3O6. The lowest BCUT2D eigenvalue weighted by molar-refractivity contribution is 0.0527. The van der Waals surface area contributed by atoms with Gasteiger partial charge in [0, 0.05) is 17.8 Å². The van der Waals surface area contributed by atoms with Crippen molar-refractivity contribution in [2.45, 2.75) is 6.92 Å². The summed E-state index contributed by atoms with van der Waals surface area (Å²) < 4.78 is 15.7. The number of nitrogens with one attached hydrogen (secondary N) is 3. The maximum Gasteiger partial charge on any atom is 0.340 e. The molecule has 0 saturated carbocycles. The molecule has 9 heteroatoms. The van der Waals surface area contributed by atoms with Gasteiger partial charge in [0.2, 0.25) is 0 Å². The van der Waals surface area contributed by atoms with E-state index in [1.165, 1.54) is 26.4 Å². The van der Waals surface area contributed by atoms with Gasteiger partial charge < -0.3 is 30.2 Å². The lowest BCUT2D eigenvalue weighted by atomic mass is 10.1. The third-order valence-electron chi connectivity index (χ3n) is 4.72. The van der Waals surface area contributed by atoms with Gasteiger partial charge in [0.05, 0.1) is 43.3 Å². The van der Waals surface area contributed by atoms with Crippen molar-refractivity contribution in [1.82, 2.24) is 0 Å². The Bertz CT molecular complexity index is 1180. The van der Waals surface area contributed by atoms with Gasteiger partial charge in [-0.3, -0.25) is 4.79 Å². The van der Waals surface area contributed by atoms with Crippen LogP contribution in [-0.4, -0.2) is 38.7 Å². The molecule has 34 heavy (non-hydrogen) atoms. The molecule has 0 aliphatic carbocycles. The largest absolute Gasteiger partial charge is 0.493 e. The molecule has 0 saturated heterocycles. The van der Waals surface area contributed by atoms with E-state index in [0.717, 1.165) is 0 Å². The van der Waals surface area contributed by atoms with Crippen LogP contribution in [0.25, 0.3) is 0 Å². The first-order valence-electron chi connectivity index (χ1n) is 10.4. The number of rotatable bonds is 8. The molecule has 0 atom stereocenters. The number of ether oxygens (including phenoxy) is 3. The normalized spacial score (nSPS) is 10.1. The van der Waals surface area contributed by atoms with Crippen LogP contribution in [0.5, 0.6) is 11.5 Å². The van der Waals surface area contributed by atoms with Gasteiger partial charge in [0.1, 0.15) is 0 Å². The minimum absolute atomic E-state index is 0.0973. The first kappa shape index (κ1) is 24.1. The van der Waals surface area contributed by atoms with Gasteiger partial charge in [-0.25, -0.2) is 9.59 Å². The van der Waals surface area contributed by atoms with E-state index in [9.17, 15) is 14.4 Å². The van der Waals surface area contributed by atoms with Crippen molar-refractivity contribution >= 4 is 35.0 Å². The Kier molecular flexibility index (Phi) is 8.07. The highest BCUT2D eigenvalue weighted by Crippen LogP contribution is 2.34. The minimum atomic E-state index is -0.632. The fourth-order valence-electron chi connectivity index (χ4n) is 3.15. The van der Waals surface area contributed by atoms with E-state index in [1.807, 2.05) is 6.07 Å². The summed E-state index contributed by atoms with van der Waals surface area (Å²) in [7, 11) is 2.88. The third-order valence-corrected chi connectivity index (χ3v) is 4.72. The number of benzene rings is 3. The maximum absolute atomic E-state index is 13.2. The third kappa shape index (κ3) is 5.83. The summed E-state index contributed by atoms with van der Waals surface area (Å²) in [6.45, 7) is 1.84. The van der Waals surface area contributed by atoms with Gasteiger partial charge in [-0.15, -0.1) is 0 Å². The van der Waals surface area contributed by atoms with Gasteiger partial charge in [0.15, 0.2) is 11.5 Å².